The van der Waals surface area contributed by atoms with Gasteiger partial charge in [-0.1, -0.05) is 234 Å². The summed E-state index contributed by atoms with van der Waals surface area (Å²) in [5.74, 6) is -1.63. The van der Waals surface area contributed by atoms with Crippen molar-refractivity contribution in [2.45, 2.75) is 251 Å². The molecular weight excluding hydrogens is 952 g/mol. The number of hydrogen-bond acceptors (Lipinski definition) is 10. The van der Waals surface area contributed by atoms with Gasteiger partial charge in [-0.15, -0.1) is 0 Å². The summed E-state index contributed by atoms with van der Waals surface area (Å²) in [6, 6.07) is 0. The summed E-state index contributed by atoms with van der Waals surface area (Å²) in [5, 5.41) is 9.81. The molecule has 0 fully saturated rings. The molecule has 0 saturated heterocycles. The van der Waals surface area contributed by atoms with Crippen LogP contribution in [-0.4, -0.2) is 66.5 Å². The normalized spacial score (nSPS) is 14.1. The molecule has 3 unspecified atom stereocenters. The van der Waals surface area contributed by atoms with Crippen LogP contribution < -0.4 is 0 Å². The van der Waals surface area contributed by atoms with E-state index in [4.69, 9.17) is 23.3 Å². The summed E-state index contributed by atoms with van der Waals surface area (Å²) in [5.41, 5.74) is 0. The zero-order valence-corrected chi connectivity index (χ0v) is 47.7. The molecule has 0 aliphatic heterocycles. The maximum absolute atomic E-state index is 12.9. The molecule has 3 atom stereocenters. The zero-order chi connectivity index (χ0) is 54.1. The number of aliphatic hydroxyl groups is 1. The van der Waals surface area contributed by atoms with Crippen molar-refractivity contribution in [1.29, 1.82) is 0 Å². The summed E-state index contributed by atoms with van der Waals surface area (Å²) in [6.07, 6.45) is 65.4. The van der Waals surface area contributed by atoms with Crippen molar-refractivity contribution in [2.24, 2.45) is 0 Å². The first kappa shape index (κ1) is 70.4. The van der Waals surface area contributed by atoms with Crippen LogP contribution in [-0.2, 0) is 42.2 Å². The minimum atomic E-state index is -4.78. The molecule has 0 amide bonds. The van der Waals surface area contributed by atoms with Gasteiger partial charge in [0.1, 0.15) is 12.7 Å². The second kappa shape index (κ2) is 55.6. The van der Waals surface area contributed by atoms with Crippen molar-refractivity contribution in [2.75, 3.05) is 26.4 Å². The van der Waals surface area contributed by atoms with Crippen LogP contribution in [0.3, 0.4) is 0 Å². The van der Waals surface area contributed by atoms with Crippen molar-refractivity contribution in [3.05, 3.63) is 97.2 Å². The maximum Gasteiger partial charge on any atom is 0.472 e. The van der Waals surface area contributed by atoms with E-state index in [-0.39, 0.29) is 25.9 Å². The smallest absolute Gasteiger partial charge is 0.462 e. The largest absolute Gasteiger partial charge is 0.472 e. The second-order valence-corrected chi connectivity index (χ2v) is 20.5. The molecule has 0 radical (unpaired) electrons. The van der Waals surface area contributed by atoms with E-state index in [9.17, 15) is 28.9 Å². The first-order chi connectivity index (χ1) is 36.2. The number of unbranched alkanes of at least 4 members (excludes halogenated alkanes) is 21. The lowest BCUT2D eigenvalue weighted by atomic mass is 10.0. The number of carbonyl (C=O) groups is 3. The third-order valence-corrected chi connectivity index (χ3v) is 13.0. The second-order valence-electron chi connectivity index (χ2n) is 19.1. The molecule has 0 saturated carbocycles. The molecule has 0 aromatic rings. The molecule has 0 heterocycles. The Bertz CT molecular complexity index is 1610. The Morgan fingerprint density at radius 3 is 1.22 bits per heavy atom. The molecule has 74 heavy (non-hydrogen) atoms. The van der Waals surface area contributed by atoms with Crippen LogP contribution in [0, 0.1) is 0 Å². The van der Waals surface area contributed by atoms with Crippen molar-refractivity contribution in [3.63, 3.8) is 0 Å². The number of hydrogen-bond donors (Lipinski definition) is 2. The molecule has 0 aliphatic rings. The fraction of sp³-hybridized carbons (Fsp3) is 0.694. The van der Waals surface area contributed by atoms with E-state index in [1.165, 1.54) is 83.5 Å². The van der Waals surface area contributed by atoms with Gasteiger partial charge in [0.25, 0.3) is 0 Å². The van der Waals surface area contributed by atoms with Crippen LogP contribution in [0.4, 0.5) is 0 Å². The molecule has 0 spiro atoms. The molecule has 11 nitrogen and oxygen atoms in total. The number of aliphatic hydroxyl groups excluding tert-OH is 1. The minimum Gasteiger partial charge on any atom is -0.462 e. The average Bonchev–Trinajstić information content (AvgIpc) is 3.39. The summed E-state index contributed by atoms with van der Waals surface area (Å²) >= 11 is 0. The van der Waals surface area contributed by atoms with Crippen LogP contribution in [0.25, 0.3) is 0 Å². The Morgan fingerprint density at radius 1 is 0.405 bits per heavy atom. The van der Waals surface area contributed by atoms with E-state index in [0.717, 1.165) is 96.3 Å². The standard InChI is InChI=1S/C62H105O11P/c1-4-7-10-13-16-19-22-25-27-28-29-30-32-34-36-39-42-45-48-51-60(64)69-55-59(73-62(66)53-50-47-44-41-38-35-31-26-23-20-17-14-11-8-5-2)57-71-74(67,68)70-56-58(54-63)72-61(65)52-49-46-43-40-37-33-24-21-18-15-12-9-6-3/h8,11,16-17,19-20,25-27,29-31,38,41,47,50,58-59,63H,4-7,9-10,12-15,18,21-24,28,32-37,39-40,42-46,48-49,51-57H2,1-3H3,(H,67,68)/b11-8-,19-16-,20-17-,27-25-,30-29-,31-26-,41-38-,50-47-. The van der Waals surface area contributed by atoms with Gasteiger partial charge in [0.15, 0.2) is 6.10 Å². The number of carbonyl (C=O) groups excluding carboxylic acids is 3. The first-order valence-corrected chi connectivity index (χ1v) is 30.6. The minimum absolute atomic E-state index is 0.0703. The van der Waals surface area contributed by atoms with E-state index in [1.54, 1.807) is 6.08 Å². The average molecular weight is 1060 g/mol. The number of esters is 3. The summed E-state index contributed by atoms with van der Waals surface area (Å²) < 4.78 is 39.4. The first-order valence-electron chi connectivity index (χ1n) is 29.1. The highest BCUT2D eigenvalue weighted by atomic mass is 31.2. The van der Waals surface area contributed by atoms with Gasteiger partial charge in [-0.2, -0.15) is 0 Å². The Hall–Kier alpha value is -3.60. The van der Waals surface area contributed by atoms with E-state index in [0.29, 0.717) is 19.3 Å². The fourth-order valence-electron chi connectivity index (χ4n) is 7.61. The topological polar surface area (TPSA) is 155 Å². The number of allylic oxidation sites excluding steroid dienone is 15. The lowest BCUT2D eigenvalue weighted by Gasteiger charge is -2.21. The van der Waals surface area contributed by atoms with Crippen LogP contribution >= 0.6 is 7.82 Å². The zero-order valence-electron chi connectivity index (χ0n) is 46.8. The van der Waals surface area contributed by atoms with E-state index in [2.05, 4.69) is 93.7 Å². The maximum atomic E-state index is 12.9. The molecule has 0 aliphatic carbocycles. The van der Waals surface area contributed by atoms with Gasteiger partial charge >= 0.3 is 25.7 Å². The van der Waals surface area contributed by atoms with Crippen molar-refractivity contribution < 1.29 is 52.2 Å². The molecule has 0 aromatic heterocycles. The van der Waals surface area contributed by atoms with Crippen molar-refractivity contribution in [3.8, 4) is 0 Å². The Balaban J connectivity index is 4.84. The number of phosphoric ester groups is 1. The predicted octanol–water partition coefficient (Wildman–Crippen LogP) is 17.3. The van der Waals surface area contributed by atoms with E-state index in [1.807, 2.05) is 18.2 Å². The van der Waals surface area contributed by atoms with Crippen LogP contribution in [0.2, 0.25) is 0 Å². The molecular formula is C62H105O11P. The highest BCUT2D eigenvalue weighted by molar-refractivity contribution is 7.47. The Labute approximate surface area is 451 Å². The Kier molecular flexibility index (Phi) is 52.9. The molecule has 2 N–H and O–H groups in total. The van der Waals surface area contributed by atoms with Crippen molar-refractivity contribution >= 4 is 25.7 Å². The van der Waals surface area contributed by atoms with Gasteiger partial charge in [-0.3, -0.25) is 23.4 Å². The molecule has 0 bridgehead atoms. The van der Waals surface area contributed by atoms with Crippen LogP contribution in [0.5, 0.6) is 0 Å². The Morgan fingerprint density at radius 2 is 0.757 bits per heavy atom. The van der Waals surface area contributed by atoms with Gasteiger partial charge in [0, 0.05) is 12.8 Å². The third-order valence-electron chi connectivity index (χ3n) is 12.0. The number of phosphoric acid groups is 1. The molecule has 12 heteroatoms. The van der Waals surface area contributed by atoms with Gasteiger partial charge in [0.2, 0.25) is 0 Å². The monoisotopic (exact) mass is 1060 g/mol. The summed E-state index contributed by atoms with van der Waals surface area (Å²) in [7, 11) is -4.78. The van der Waals surface area contributed by atoms with Gasteiger partial charge < -0.3 is 24.2 Å². The van der Waals surface area contributed by atoms with Gasteiger partial charge in [-0.05, 0) is 83.5 Å². The highest BCUT2D eigenvalue weighted by Crippen LogP contribution is 2.43. The van der Waals surface area contributed by atoms with Crippen LogP contribution in [0.1, 0.15) is 239 Å². The summed E-state index contributed by atoms with van der Waals surface area (Å²) in [4.78, 5) is 48.5. The summed E-state index contributed by atoms with van der Waals surface area (Å²) in [6.45, 7) is 4.38. The quantitative estimate of drug-likeness (QED) is 0.0197. The highest BCUT2D eigenvalue weighted by Gasteiger charge is 2.28. The number of rotatable bonds is 53. The third kappa shape index (κ3) is 53.2. The fourth-order valence-corrected chi connectivity index (χ4v) is 8.40. The van der Waals surface area contributed by atoms with Crippen molar-refractivity contribution in [1.82, 2.24) is 0 Å². The lowest BCUT2D eigenvalue weighted by Crippen LogP contribution is -2.30. The van der Waals surface area contributed by atoms with Crippen LogP contribution in [0.15, 0.2) is 97.2 Å². The van der Waals surface area contributed by atoms with E-state index >= 15 is 0 Å². The number of ether oxygens (including phenoxy) is 3. The van der Waals surface area contributed by atoms with Gasteiger partial charge in [0.05, 0.1) is 26.2 Å². The predicted molar refractivity (Wildman–Crippen MR) is 307 cm³/mol. The molecule has 424 valence electrons. The van der Waals surface area contributed by atoms with E-state index < -0.39 is 57.8 Å². The molecule has 0 rings (SSSR count). The van der Waals surface area contributed by atoms with Gasteiger partial charge in [-0.25, -0.2) is 4.57 Å². The SMILES string of the molecule is CC/C=C\C/C=C\C/C=C\C/C=C\C/C=C\CC(=O)OC(COC(=O)CCCCCCCC/C=C\C/C=C\C/C=C\CCCCC)COP(=O)(O)OCC(CO)OC(=O)CCCCCCCCCCCCCCC. The lowest BCUT2D eigenvalue weighted by molar-refractivity contribution is -0.160. The molecule has 0 aromatic carbocycles.